The van der Waals surface area contributed by atoms with Gasteiger partial charge in [-0.25, -0.2) is 13.6 Å². The third-order valence-corrected chi connectivity index (χ3v) is 5.68. The van der Waals surface area contributed by atoms with Crippen molar-refractivity contribution in [2.24, 2.45) is 5.92 Å². The van der Waals surface area contributed by atoms with E-state index in [4.69, 9.17) is 4.74 Å². The predicted octanol–water partition coefficient (Wildman–Crippen LogP) is 1.72. The van der Waals surface area contributed by atoms with Crippen molar-refractivity contribution in [2.45, 2.75) is 50.7 Å². The summed E-state index contributed by atoms with van der Waals surface area (Å²) in [6.45, 7) is 0.315. The average Bonchev–Trinajstić information content (AvgIpc) is 3.17. The first-order valence-corrected chi connectivity index (χ1v) is 9.79. The van der Waals surface area contributed by atoms with Crippen molar-refractivity contribution in [3.05, 3.63) is 34.9 Å². The van der Waals surface area contributed by atoms with Crippen LogP contribution in [0.15, 0.2) is 18.2 Å². The van der Waals surface area contributed by atoms with Crippen LogP contribution >= 0.6 is 0 Å². The molecule has 0 radical (unpaired) electrons. The lowest BCUT2D eigenvalue weighted by Gasteiger charge is -2.29. The summed E-state index contributed by atoms with van der Waals surface area (Å²) >= 11 is 0. The molecule has 0 aromatic heterocycles. The lowest BCUT2D eigenvalue weighted by atomic mass is 10.0. The van der Waals surface area contributed by atoms with E-state index in [1.807, 2.05) is 0 Å². The zero-order valence-electron chi connectivity index (χ0n) is 16.1. The van der Waals surface area contributed by atoms with E-state index in [-0.39, 0.29) is 57.2 Å². The topological polar surface area (TPSA) is 105 Å². The fraction of sp³-hybridized carbons (Fsp3) is 0.500. The quantitative estimate of drug-likeness (QED) is 0.681. The number of alkyl halides is 2. The number of nitrogens with one attached hydrogen (secondary N) is 2. The van der Waals surface area contributed by atoms with Crippen LogP contribution in [0.5, 0.6) is 0 Å². The van der Waals surface area contributed by atoms with Gasteiger partial charge < -0.3 is 15.0 Å². The summed E-state index contributed by atoms with van der Waals surface area (Å²) in [6.07, 6.45) is -0.263. The molecule has 4 rings (SSSR count). The first-order valence-electron chi connectivity index (χ1n) is 9.79. The van der Waals surface area contributed by atoms with Gasteiger partial charge in [-0.15, -0.1) is 0 Å². The van der Waals surface area contributed by atoms with Gasteiger partial charge in [0.1, 0.15) is 6.04 Å². The molecule has 10 heteroatoms. The number of rotatable bonds is 6. The molecule has 2 unspecified atom stereocenters. The first-order chi connectivity index (χ1) is 14.2. The summed E-state index contributed by atoms with van der Waals surface area (Å²) in [7, 11) is 0. The standard InChI is InChI=1S/C20H21F2N3O5/c21-20(22)8-13(20)5-6-30-19(29)23-9-11-1-2-12-10-25(18(28)14(12)7-11)15-3-4-16(26)24-17(15)27/h1-2,7,13,15H,3-6,8-10H2,(H,23,29)(H,24,26,27). The molecule has 2 fully saturated rings. The van der Waals surface area contributed by atoms with Crippen LogP contribution < -0.4 is 10.6 Å². The van der Waals surface area contributed by atoms with Crippen molar-refractivity contribution in [1.29, 1.82) is 0 Å². The molecule has 4 amide bonds. The Morgan fingerprint density at radius 3 is 2.77 bits per heavy atom. The molecule has 1 aromatic rings. The Morgan fingerprint density at radius 1 is 1.30 bits per heavy atom. The number of imide groups is 1. The summed E-state index contributed by atoms with van der Waals surface area (Å²) in [6, 6.07) is 4.48. The van der Waals surface area contributed by atoms with Gasteiger partial charge in [-0.1, -0.05) is 12.1 Å². The smallest absolute Gasteiger partial charge is 0.407 e. The molecule has 1 saturated heterocycles. The number of hydrogen-bond donors (Lipinski definition) is 2. The van der Waals surface area contributed by atoms with Crippen molar-refractivity contribution in [1.82, 2.24) is 15.5 Å². The number of halogens is 2. The van der Waals surface area contributed by atoms with E-state index in [1.165, 1.54) is 4.90 Å². The summed E-state index contributed by atoms with van der Waals surface area (Å²) in [5.74, 6) is -4.44. The lowest BCUT2D eigenvalue weighted by molar-refractivity contribution is -0.136. The number of carbonyl (C=O) groups excluding carboxylic acids is 4. The molecule has 0 spiro atoms. The van der Waals surface area contributed by atoms with Gasteiger partial charge in [0.2, 0.25) is 11.8 Å². The molecule has 3 aliphatic rings. The molecule has 30 heavy (non-hydrogen) atoms. The Hall–Kier alpha value is -3.04. The van der Waals surface area contributed by atoms with E-state index in [1.54, 1.807) is 18.2 Å². The molecule has 0 bridgehead atoms. The van der Waals surface area contributed by atoms with E-state index in [2.05, 4.69) is 10.6 Å². The maximum absolute atomic E-state index is 12.8. The minimum atomic E-state index is -2.63. The van der Waals surface area contributed by atoms with Gasteiger partial charge in [-0.05, 0) is 30.0 Å². The normalized spacial score (nSPS) is 24.3. The maximum atomic E-state index is 12.8. The number of piperidine rings is 1. The second-order valence-corrected chi connectivity index (χ2v) is 7.83. The van der Waals surface area contributed by atoms with Crippen LogP contribution in [0.2, 0.25) is 0 Å². The van der Waals surface area contributed by atoms with Crippen LogP contribution in [-0.2, 0) is 27.4 Å². The number of hydrogen-bond acceptors (Lipinski definition) is 5. The van der Waals surface area contributed by atoms with E-state index in [0.717, 1.165) is 5.56 Å². The van der Waals surface area contributed by atoms with Crippen molar-refractivity contribution < 1.29 is 32.7 Å². The Morgan fingerprint density at radius 2 is 2.07 bits per heavy atom. The number of benzene rings is 1. The fourth-order valence-corrected chi connectivity index (χ4v) is 3.81. The minimum Gasteiger partial charge on any atom is -0.450 e. The van der Waals surface area contributed by atoms with Gasteiger partial charge in [-0.2, -0.15) is 0 Å². The molecule has 2 atom stereocenters. The van der Waals surface area contributed by atoms with Crippen LogP contribution in [0.25, 0.3) is 0 Å². The number of amides is 4. The summed E-state index contributed by atoms with van der Waals surface area (Å²) in [5, 5.41) is 4.79. The second kappa shape index (κ2) is 7.66. The average molecular weight is 421 g/mol. The zero-order chi connectivity index (χ0) is 21.5. The molecular formula is C20H21F2N3O5. The number of ether oxygens (including phenoxy) is 1. The van der Waals surface area contributed by atoms with Crippen molar-refractivity contribution >= 4 is 23.8 Å². The SMILES string of the molecule is O=C1CCC(N2Cc3ccc(CNC(=O)OCCC4CC4(F)F)cc3C2=O)C(=O)N1. The molecule has 8 nitrogen and oxygen atoms in total. The molecule has 1 aliphatic carbocycles. The molecule has 2 heterocycles. The van der Waals surface area contributed by atoms with E-state index < -0.39 is 29.9 Å². The highest BCUT2D eigenvalue weighted by molar-refractivity contribution is 6.05. The number of fused-ring (bicyclic) bond motifs is 1. The van der Waals surface area contributed by atoms with E-state index >= 15 is 0 Å². The third kappa shape index (κ3) is 4.12. The molecule has 2 aliphatic heterocycles. The Kier molecular flexibility index (Phi) is 5.17. The summed E-state index contributed by atoms with van der Waals surface area (Å²) < 4.78 is 30.5. The van der Waals surface area contributed by atoms with Crippen molar-refractivity contribution in [3.63, 3.8) is 0 Å². The minimum absolute atomic E-state index is 0.0737. The summed E-state index contributed by atoms with van der Waals surface area (Å²) in [5.41, 5.74) is 1.88. The van der Waals surface area contributed by atoms with E-state index in [0.29, 0.717) is 11.1 Å². The predicted molar refractivity (Wildman–Crippen MR) is 98.3 cm³/mol. The van der Waals surface area contributed by atoms with Crippen LogP contribution in [0.3, 0.4) is 0 Å². The van der Waals surface area contributed by atoms with Gasteiger partial charge in [0.25, 0.3) is 11.8 Å². The highest BCUT2D eigenvalue weighted by Gasteiger charge is 2.56. The number of carbonyl (C=O) groups is 4. The van der Waals surface area contributed by atoms with Gasteiger partial charge in [0.05, 0.1) is 6.61 Å². The molecule has 1 saturated carbocycles. The molecule has 160 valence electrons. The Labute approximate surface area is 170 Å². The van der Waals surface area contributed by atoms with Gasteiger partial charge >= 0.3 is 6.09 Å². The van der Waals surface area contributed by atoms with Crippen LogP contribution in [0.4, 0.5) is 13.6 Å². The highest BCUT2D eigenvalue weighted by Crippen LogP contribution is 2.50. The van der Waals surface area contributed by atoms with Gasteiger partial charge in [0.15, 0.2) is 0 Å². The first kappa shape index (κ1) is 20.2. The zero-order valence-corrected chi connectivity index (χ0v) is 16.1. The van der Waals surface area contributed by atoms with E-state index in [9.17, 15) is 28.0 Å². The van der Waals surface area contributed by atoms with Crippen LogP contribution in [-0.4, -0.2) is 47.3 Å². The second-order valence-electron chi connectivity index (χ2n) is 7.83. The monoisotopic (exact) mass is 421 g/mol. The third-order valence-electron chi connectivity index (χ3n) is 5.68. The van der Waals surface area contributed by atoms with Gasteiger partial charge in [0, 0.05) is 37.4 Å². The Balaban J connectivity index is 1.29. The molecular weight excluding hydrogens is 400 g/mol. The Bertz CT molecular complexity index is 920. The van der Waals surface area contributed by atoms with Crippen molar-refractivity contribution in [3.8, 4) is 0 Å². The summed E-state index contributed by atoms with van der Waals surface area (Å²) in [4.78, 5) is 49.3. The van der Waals surface area contributed by atoms with Crippen LogP contribution in [0.1, 0.15) is 47.2 Å². The molecule has 1 aromatic carbocycles. The van der Waals surface area contributed by atoms with Crippen LogP contribution in [0, 0.1) is 5.92 Å². The number of alkyl carbamates (subject to hydrolysis) is 1. The fourth-order valence-electron chi connectivity index (χ4n) is 3.81. The largest absolute Gasteiger partial charge is 0.450 e. The number of nitrogens with zero attached hydrogens (tertiary/aromatic N) is 1. The molecule has 2 N–H and O–H groups in total. The maximum Gasteiger partial charge on any atom is 0.407 e. The lowest BCUT2D eigenvalue weighted by Crippen LogP contribution is -2.52. The van der Waals surface area contributed by atoms with Gasteiger partial charge in [-0.3, -0.25) is 19.7 Å². The highest BCUT2D eigenvalue weighted by atomic mass is 19.3. The van der Waals surface area contributed by atoms with Crippen molar-refractivity contribution in [2.75, 3.05) is 6.61 Å².